The first-order valence-corrected chi connectivity index (χ1v) is 13.2. The lowest BCUT2D eigenvalue weighted by atomic mass is 9.66. The molecule has 0 saturated heterocycles. The molecule has 2 unspecified atom stereocenters. The quantitative estimate of drug-likeness (QED) is 0.335. The summed E-state index contributed by atoms with van der Waals surface area (Å²) in [5.74, 6) is 5.43. The Kier molecular flexibility index (Phi) is 9.72. The van der Waals surface area contributed by atoms with Gasteiger partial charge in [-0.2, -0.15) is 0 Å². The van der Waals surface area contributed by atoms with Crippen molar-refractivity contribution in [2.45, 2.75) is 110 Å². The lowest BCUT2D eigenvalue weighted by Gasteiger charge is -2.39. The lowest BCUT2D eigenvalue weighted by molar-refractivity contribution is 0.133. The average Bonchev–Trinajstić information content (AvgIpc) is 2.78. The molecule has 0 N–H and O–H groups in total. The van der Waals surface area contributed by atoms with Crippen molar-refractivity contribution in [3.8, 4) is 0 Å². The maximum Gasteiger partial charge on any atom is 0.0894 e. The van der Waals surface area contributed by atoms with E-state index in [0.29, 0.717) is 0 Å². The van der Waals surface area contributed by atoms with Gasteiger partial charge in [0.2, 0.25) is 0 Å². The Bertz CT molecular complexity index is 575. The molecule has 2 fully saturated rings. The monoisotopic (exact) mass is 414 g/mol. The zero-order valence-electron chi connectivity index (χ0n) is 20.1. The first-order valence-electron chi connectivity index (χ1n) is 13.2. The number of halogens is 1. The summed E-state index contributed by atoms with van der Waals surface area (Å²) < 4.78 is 12.3. The van der Waals surface area contributed by atoms with Crippen molar-refractivity contribution in [1.82, 2.24) is 0 Å². The van der Waals surface area contributed by atoms with E-state index in [4.69, 9.17) is 0 Å². The van der Waals surface area contributed by atoms with Crippen molar-refractivity contribution in [3.63, 3.8) is 0 Å². The van der Waals surface area contributed by atoms with Gasteiger partial charge >= 0.3 is 0 Å². The SMILES string of the molecule is Cc1ccc(C2CCC(C3CCC(C(C)CCC(C)CCCCF)CC3)CC2)cc1. The van der Waals surface area contributed by atoms with Crippen LogP contribution in [0.2, 0.25) is 0 Å². The van der Waals surface area contributed by atoms with Gasteiger partial charge in [-0.05, 0) is 106 Å². The second-order valence-corrected chi connectivity index (χ2v) is 11.0. The predicted molar refractivity (Wildman–Crippen MR) is 129 cm³/mol. The fourth-order valence-electron chi connectivity index (χ4n) is 6.46. The fraction of sp³-hybridized carbons (Fsp3) is 0.793. The minimum atomic E-state index is -0.139. The van der Waals surface area contributed by atoms with Crippen molar-refractivity contribution in [3.05, 3.63) is 35.4 Å². The number of hydrogen-bond acceptors (Lipinski definition) is 0. The van der Waals surface area contributed by atoms with Gasteiger partial charge in [0, 0.05) is 0 Å². The molecule has 0 aliphatic heterocycles. The highest BCUT2D eigenvalue weighted by molar-refractivity contribution is 5.24. The Morgan fingerprint density at radius 1 is 0.767 bits per heavy atom. The third-order valence-corrected chi connectivity index (χ3v) is 8.80. The van der Waals surface area contributed by atoms with E-state index in [1.165, 1.54) is 76.2 Å². The Morgan fingerprint density at radius 2 is 1.37 bits per heavy atom. The highest BCUT2D eigenvalue weighted by Crippen LogP contribution is 2.45. The lowest BCUT2D eigenvalue weighted by Crippen LogP contribution is -2.27. The van der Waals surface area contributed by atoms with Crippen LogP contribution < -0.4 is 0 Å². The van der Waals surface area contributed by atoms with Crippen LogP contribution in [0.5, 0.6) is 0 Å². The van der Waals surface area contributed by atoms with Crippen LogP contribution in [0.4, 0.5) is 4.39 Å². The number of alkyl halides is 1. The third-order valence-electron chi connectivity index (χ3n) is 8.80. The minimum absolute atomic E-state index is 0.139. The predicted octanol–water partition coefficient (Wildman–Crippen LogP) is 9.27. The summed E-state index contributed by atoms with van der Waals surface area (Å²) in [5, 5.41) is 0. The van der Waals surface area contributed by atoms with E-state index in [1.54, 1.807) is 5.56 Å². The van der Waals surface area contributed by atoms with Crippen molar-refractivity contribution in [2.75, 3.05) is 6.67 Å². The number of benzene rings is 1. The van der Waals surface area contributed by atoms with Crippen molar-refractivity contribution in [1.29, 1.82) is 0 Å². The zero-order chi connectivity index (χ0) is 21.3. The molecule has 2 saturated carbocycles. The molecule has 2 atom stereocenters. The van der Waals surface area contributed by atoms with Gasteiger partial charge in [0.1, 0.15) is 0 Å². The summed E-state index contributed by atoms with van der Waals surface area (Å²) in [4.78, 5) is 0. The summed E-state index contributed by atoms with van der Waals surface area (Å²) in [6, 6.07) is 9.31. The van der Waals surface area contributed by atoms with E-state index in [-0.39, 0.29) is 6.67 Å². The summed E-state index contributed by atoms with van der Waals surface area (Å²) >= 11 is 0. The largest absolute Gasteiger partial charge is 0.251 e. The Morgan fingerprint density at radius 3 is 1.97 bits per heavy atom. The molecule has 2 aliphatic carbocycles. The van der Waals surface area contributed by atoms with Gasteiger partial charge in [-0.3, -0.25) is 4.39 Å². The number of rotatable bonds is 10. The normalized spacial score (nSPS) is 29.5. The molecule has 1 aromatic rings. The molecule has 0 radical (unpaired) electrons. The molecule has 3 rings (SSSR count). The van der Waals surface area contributed by atoms with Crippen LogP contribution >= 0.6 is 0 Å². The van der Waals surface area contributed by atoms with E-state index in [2.05, 4.69) is 45.0 Å². The van der Waals surface area contributed by atoms with Crippen molar-refractivity contribution in [2.24, 2.45) is 29.6 Å². The molecule has 0 spiro atoms. The van der Waals surface area contributed by atoms with Gasteiger partial charge in [-0.15, -0.1) is 0 Å². The number of aryl methyl sites for hydroxylation is 1. The van der Waals surface area contributed by atoms with Crippen LogP contribution in [0.3, 0.4) is 0 Å². The molecule has 1 aromatic carbocycles. The summed E-state index contributed by atoms with van der Waals surface area (Å²) in [5.41, 5.74) is 2.96. The molecular weight excluding hydrogens is 367 g/mol. The van der Waals surface area contributed by atoms with E-state index in [1.807, 2.05) is 0 Å². The van der Waals surface area contributed by atoms with Crippen molar-refractivity contribution >= 4 is 0 Å². The standard InChI is InChI=1S/C29H47F/c1-22(6-4-5-21-30)7-10-24(3)25-13-15-27(16-14-25)29-19-17-28(18-20-29)26-11-8-23(2)9-12-26/h8-9,11-12,22,24-25,27-29H,4-7,10,13-21H2,1-3H3. The van der Waals surface area contributed by atoms with Crippen LogP contribution in [-0.2, 0) is 0 Å². The zero-order valence-corrected chi connectivity index (χ0v) is 20.1. The second kappa shape index (κ2) is 12.3. The Hall–Kier alpha value is -0.850. The van der Waals surface area contributed by atoms with Crippen LogP contribution in [0.15, 0.2) is 24.3 Å². The molecule has 30 heavy (non-hydrogen) atoms. The molecule has 2 aliphatic rings. The van der Waals surface area contributed by atoms with Crippen LogP contribution in [0.25, 0.3) is 0 Å². The van der Waals surface area contributed by atoms with Gasteiger partial charge in [0.05, 0.1) is 6.67 Å². The first kappa shape index (κ1) is 23.8. The molecule has 0 nitrogen and oxygen atoms in total. The molecule has 0 amide bonds. The van der Waals surface area contributed by atoms with Gasteiger partial charge in [-0.25, -0.2) is 0 Å². The molecular formula is C29H47F. The third kappa shape index (κ3) is 7.10. The fourth-order valence-corrected chi connectivity index (χ4v) is 6.46. The Balaban J connectivity index is 1.34. The topological polar surface area (TPSA) is 0 Å². The first-order chi connectivity index (χ1) is 14.6. The summed E-state index contributed by atoms with van der Waals surface area (Å²) in [7, 11) is 0. The second-order valence-electron chi connectivity index (χ2n) is 11.0. The van der Waals surface area contributed by atoms with E-state index >= 15 is 0 Å². The van der Waals surface area contributed by atoms with E-state index in [9.17, 15) is 4.39 Å². The maximum atomic E-state index is 12.3. The average molecular weight is 415 g/mol. The van der Waals surface area contributed by atoms with Crippen LogP contribution in [0, 0.1) is 36.5 Å². The Labute approximate surface area is 186 Å². The molecule has 170 valence electrons. The highest BCUT2D eigenvalue weighted by Gasteiger charge is 2.32. The molecule has 1 heteroatoms. The minimum Gasteiger partial charge on any atom is -0.251 e. The maximum absolute atomic E-state index is 12.3. The summed E-state index contributed by atoms with van der Waals surface area (Å²) in [6.45, 7) is 6.92. The number of unbranched alkanes of at least 4 members (excludes halogenated alkanes) is 1. The van der Waals surface area contributed by atoms with E-state index < -0.39 is 0 Å². The van der Waals surface area contributed by atoms with Gasteiger partial charge in [-0.1, -0.05) is 69.4 Å². The molecule has 0 heterocycles. The van der Waals surface area contributed by atoms with E-state index in [0.717, 1.165) is 48.3 Å². The molecule has 0 aromatic heterocycles. The van der Waals surface area contributed by atoms with Gasteiger partial charge in [0.15, 0.2) is 0 Å². The summed E-state index contributed by atoms with van der Waals surface area (Å²) in [6.07, 6.45) is 17.4. The van der Waals surface area contributed by atoms with Crippen molar-refractivity contribution < 1.29 is 4.39 Å². The van der Waals surface area contributed by atoms with Gasteiger partial charge in [0.25, 0.3) is 0 Å². The smallest absolute Gasteiger partial charge is 0.0894 e. The van der Waals surface area contributed by atoms with Crippen LogP contribution in [-0.4, -0.2) is 6.67 Å². The highest BCUT2D eigenvalue weighted by atomic mass is 19.1. The van der Waals surface area contributed by atoms with Gasteiger partial charge < -0.3 is 0 Å². The number of hydrogen-bond donors (Lipinski definition) is 0. The molecule has 0 bridgehead atoms. The van der Waals surface area contributed by atoms with Crippen LogP contribution in [0.1, 0.15) is 114 Å².